The molecule has 2 aromatic carbocycles. The van der Waals surface area contributed by atoms with E-state index >= 15 is 0 Å². The lowest BCUT2D eigenvalue weighted by molar-refractivity contribution is -0.155. The van der Waals surface area contributed by atoms with E-state index in [0.717, 1.165) is 5.56 Å². The predicted molar refractivity (Wildman–Crippen MR) is 115 cm³/mol. The third-order valence-electron chi connectivity index (χ3n) is 5.79. The van der Waals surface area contributed by atoms with Crippen LogP contribution in [0.2, 0.25) is 0 Å². The van der Waals surface area contributed by atoms with Crippen LogP contribution in [-0.2, 0) is 25.5 Å². The van der Waals surface area contributed by atoms with Crippen LogP contribution in [0.4, 0.5) is 0 Å². The summed E-state index contributed by atoms with van der Waals surface area (Å²) >= 11 is 0. The number of ether oxygens (including phenoxy) is 7. The minimum Gasteiger partial charge on any atom is -0.493 e. The zero-order valence-electron chi connectivity index (χ0n) is 18.9. The van der Waals surface area contributed by atoms with Crippen molar-refractivity contribution < 1.29 is 42.7 Å². The number of methoxy groups -OCH3 is 3. The summed E-state index contributed by atoms with van der Waals surface area (Å²) in [5.74, 6) is 0.626. The van der Waals surface area contributed by atoms with Crippen LogP contribution in [0.3, 0.4) is 0 Å². The molecule has 1 saturated heterocycles. The molecule has 0 N–H and O–H groups in total. The van der Waals surface area contributed by atoms with Gasteiger partial charge in [0.1, 0.15) is 12.0 Å². The van der Waals surface area contributed by atoms with Crippen LogP contribution in [0.15, 0.2) is 30.3 Å². The van der Waals surface area contributed by atoms with E-state index in [1.165, 1.54) is 28.3 Å². The van der Waals surface area contributed by atoms with Gasteiger partial charge in [0.05, 0.1) is 27.9 Å². The molecule has 2 heterocycles. The summed E-state index contributed by atoms with van der Waals surface area (Å²) in [6.45, 7) is 1.69. The van der Waals surface area contributed by atoms with E-state index in [9.17, 15) is 9.59 Å². The Labute approximate surface area is 191 Å². The molecule has 33 heavy (non-hydrogen) atoms. The highest BCUT2D eigenvalue weighted by molar-refractivity contribution is 5.77. The highest BCUT2D eigenvalue weighted by Crippen LogP contribution is 2.45. The van der Waals surface area contributed by atoms with Gasteiger partial charge in [0.25, 0.3) is 0 Å². The third-order valence-corrected chi connectivity index (χ3v) is 5.79. The maximum absolute atomic E-state index is 12.8. The van der Waals surface area contributed by atoms with Crippen molar-refractivity contribution in [2.75, 3.05) is 34.7 Å². The van der Waals surface area contributed by atoms with Crippen molar-refractivity contribution in [2.24, 2.45) is 11.8 Å². The van der Waals surface area contributed by atoms with Gasteiger partial charge in [-0.2, -0.15) is 0 Å². The number of esters is 2. The smallest absolute Gasteiger partial charge is 0.313 e. The van der Waals surface area contributed by atoms with Crippen molar-refractivity contribution in [2.45, 2.75) is 19.4 Å². The van der Waals surface area contributed by atoms with E-state index in [-0.39, 0.29) is 19.3 Å². The quantitative estimate of drug-likeness (QED) is 0.553. The molecule has 0 radical (unpaired) electrons. The number of carbonyl (C=O) groups excluding carboxylic acids is 2. The van der Waals surface area contributed by atoms with Crippen LogP contribution in [0, 0.1) is 11.8 Å². The summed E-state index contributed by atoms with van der Waals surface area (Å²) in [6, 6.07) is 9.01. The maximum atomic E-state index is 12.8. The lowest BCUT2D eigenvalue weighted by Gasteiger charge is -2.26. The number of cyclic esters (lactones) is 1. The molecule has 9 heteroatoms. The normalized spacial score (nSPS) is 19.6. The molecule has 0 saturated carbocycles. The first-order valence-corrected chi connectivity index (χ1v) is 10.5. The lowest BCUT2D eigenvalue weighted by atomic mass is 9.82. The van der Waals surface area contributed by atoms with Gasteiger partial charge >= 0.3 is 11.9 Å². The second-order valence-electron chi connectivity index (χ2n) is 7.80. The molecule has 0 amide bonds. The van der Waals surface area contributed by atoms with Gasteiger partial charge in [-0.25, -0.2) is 0 Å². The van der Waals surface area contributed by atoms with Crippen molar-refractivity contribution in [3.8, 4) is 28.7 Å². The summed E-state index contributed by atoms with van der Waals surface area (Å²) < 4.78 is 38.2. The monoisotopic (exact) mass is 458 g/mol. The average Bonchev–Trinajstić information content (AvgIpc) is 3.42. The molecule has 3 atom stereocenters. The van der Waals surface area contributed by atoms with Crippen LogP contribution in [0.5, 0.6) is 28.7 Å². The average molecular weight is 458 g/mol. The van der Waals surface area contributed by atoms with E-state index < -0.39 is 24.0 Å². The summed E-state index contributed by atoms with van der Waals surface area (Å²) in [4.78, 5) is 24.9. The molecular weight excluding hydrogens is 432 g/mol. The second kappa shape index (κ2) is 9.48. The molecule has 0 spiro atoms. The number of carbonyl (C=O) groups is 2. The first-order valence-electron chi connectivity index (χ1n) is 10.5. The highest BCUT2D eigenvalue weighted by Gasteiger charge is 2.45. The van der Waals surface area contributed by atoms with Crippen molar-refractivity contribution in [3.05, 3.63) is 41.5 Å². The molecule has 0 aromatic heterocycles. The summed E-state index contributed by atoms with van der Waals surface area (Å²) in [7, 11) is 4.49. The number of hydrogen-bond donors (Lipinski definition) is 0. The third kappa shape index (κ3) is 4.48. The van der Waals surface area contributed by atoms with Crippen LogP contribution < -0.4 is 23.7 Å². The molecule has 2 aromatic rings. The minimum absolute atomic E-state index is 0.183. The topological polar surface area (TPSA) is 98.8 Å². The molecule has 1 fully saturated rings. The van der Waals surface area contributed by atoms with Gasteiger partial charge in [-0.1, -0.05) is 6.07 Å². The van der Waals surface area contributed by atoms with Crippen molar-refractivity contribution in [1.29, 1.82) is 0 Å². The Kier molecular flexibility index (Phi) is 6.48. The number of benzene rings is 2. The fourth-order valence-electron chi connectivity index (χ4n) is 4.30. The predicted octanol–water partition coefficient (Wildman–Crippen LogP) is 3.08. The maximum Gasteiger partial charge on any atom is 0.313 e. The number of fused-ring (bicyclic) bond motifs is 1. The van der Waals surface area contributed by atoms with Gasteiger partial charge in [0, 0.05) is 18.4 Å². The molecule has 2 aliphatic rings. The van der Waals surface area contributed by atoms with Gasteiger partial charge < -0.3 is 33.2 Å². The fraction of sp³-hybridized carbons (Fsp3) is 0.417. The van der Waals surface area contributed by atoms with Crippen molar-refractivity contribution >= 4 is 11.9 Å². The van der Waals surface area contributed by atoms with Gasteiger partial charge in [0.2, 0.25) is 12.5 Å². The Morgan fingerprint density at radius 1 is 1.00 bits per heavy atom. The first-order chi connectivity index (χ1) is 15.9. The van der Waals surface area contributed by atoms with Crippen molar-refractivity contribution in [3.63, 3.8) is 0 Å². The van der Waals surface area contributed by atoms with E-state index in [0.29, 0.717) is 40.7 Å². The summed E-state index contributed by atoms with van der Waals surface area (Å²) in [5.41, 5.74) is 1.50. The van der Waals surface area contributed by atoms with E-state index in [2.05, 4.69) is 0 Å². The van der Waals surface area contributed by atoms with Gasteiger partial charge in [-0.05, 0) is 36.2 Å². The molecule has 176 valence electrons. The van der Waals surface area contributed by atoms with E-state index in [1.54, 1.807) is 12.1 Å². The molecule has 4 rings (SSSR count). The molecular formula is C24H26O9. The Morgan fingerprint density at radius 2 is 1.70 bits per heavy atom. The zero-order chi connectivity index (χ0) is 23.5. The molecule has 0 bridgehead atoms. The van der Waals surface area contributed by atoms with Crippen LogP contribution in [-0.4, -0.2) is 46.7 Å². The first kappa shape index (κ1) is 22.6. The van der Waals surface area contributed by atoms with E-state index in [4.69, 9.17) is 33.2 Å². The molecule has 2 aliphatic heterocycles. The molecule has 9 nitrogen and oxygen atoms in total. The Balaban J connectivity index is 1.69. The van der Waals surface area contributed by atoms with Crippen LogP contribution in [0.1, 0.15) is 24.2 Å². The standard InChI is InChI=1S/C24H26O9/c1-13(25)33-22(15-9-19(27-2)23(29-4)20(10-15)28-3)21-16(11-30-24(21)26)7-14-5-6-17-18(8-14)32-12-31-17/h5-6,8-10,16,21-22H,7,11-12H2,1-4H3/t16-,21+,22+/m0/s1. The SMILES string of the molecule is COc1cc([C@@H](OC(C)=O)[C@@H]2C(=O)OC[C@@H]2Cc2ccc3c(c2)OCO3)cc(OC)c1OC. The highest BCUT2D eigenvalue weighted by atomic mass is 16.7. The Hall–Kier alpha value is -3.62. The fourth-order valence-corrected chi connectivity index (χ4v) is 4.30. The second-order valence-corrected chi connectivity index (χ2v) is 7.80. The molecule has 0 unspecified atom stereocenters. The minimum atomic E-state index is -0.898. The summed E-state index contributed by atoms with van der Waals surface area (Å²) in [5, 5.41) is 0. The van der Waals surface area contributed by atoms with Crippen molar-refractivity contribution in [1.82, 2.24) is 0 Å². The van der Waals surface area contributed by atoms with E-state index in [1.807, 2.05) is 18.2 Å². The zero-order valence-corrected chi connectivity index (χ0v) is 18.9. The Bertz CT molecular complexity index is 1020. The van der Waals surface area contributed by atoms with Gasteiger partial charge in [0.15, 0.2) is 23.0 Å². The van der Waals surface area contributed by atoms with Crippen LogP contribution in [0.25, 0.3) is 0 Å². The number of rotatable bonds is 8. The van der Waals surface area contributed by atoms with Gasteiger partial charge in [-0.15, -0.1) is 0 Å². The van der Waals surface area contributed by atoms with Crippen LogP contribution >= 0.6 is 0 Å². The summed E-state index contributed by atoms with van der Waals surface area (Å²) in [6.07, 6.45) is -0.375. The Morgan fingerprint density at radius 3 is 2.33 bits per heavy atom. The lowest BCUT2D eigenvalue weighted by Crippen LogP contribution is -2.28. The molecule has 0 aliphatic carbocycles. The number of hydrogen-bond acceptors (Lipinski definition) is 9. The van der Waals surface area contributed by atoms with Gasteiger partial charge in [-0.3, -0.25) is 9.59 Å². The largest absolute Gasteiger partial charge is 0.493 e.